The Labute approximate surface area is 115 Å². The maximum Gasteiger partial charge on any atom is 0.308 e. The lowest BCUT2D eigenvalue weighted by Gasteiger charge is -2.29. The Balaban J connectivity index is 1.80. The number of hydrogen-bond donors (Lipinski definition) is 2. The molecule has 0 aromatic carbocycles. The maximum absolute atomic E-state index is 11.4. The molecule has 0 spiro atoms. The molecule has 2 aliphatic carbocycles. The van der Waals surface area contributed by atoms with Crippen LogP contribution in [-0.4, -0.2) is 23.7 Å². The summed E-state index contributed by atoms with van der Waals surface area (Å²) in [6, 6.07) is 2.46. The van der Waals surface area contributed by atoms with Gasteiger partial charge in [-0.2, -0.15) is 5.26 Å². The molecule has 19 heavy (non-hydrogen) atoms. The standard InChI is InChI=1S/C15H24N2O2/c1-15(2,9-16)6-3-7-17-13-11-5-4-10(8-11)12(13)14(18)19/h10-13,17H,3-8H2,1-2H3,(H,18,19). The molecule has 4 heteroatoms. The van der Waals surface area contributed by atoms with Crippen LogP contribution in [0.25, 0.3) is 0 Å². The summed E-state index contributed by atoms with van der Waals surface area (Å²) in [4.78, 5) is 11.4. The van der Waals surface area contributed by atoms with Gasteiger partial charge in [-0.25, -0.2) is 0 Å². The van der Waals surface area contributed by atoms with Gasteiger partial charge in [0, 0.05) is 6.04 Å². The Morgan fingerprint density at radius 2 is 2.11 bits per heavy atom. The molecular weight excluding hydrogens is 240 g/mol. The van der Waals surface area contributed by atoms with Crippen molar-refractivity contribution in [2.24, 2.45) is 23.2 Å². The number of nitrogens with zero attached hydrogens (tertiary/aromatic N) is 1. The third-order valence-corrected chi connectivity index (χ3v) is 4.86. The molecule has 2 aliphatic rings. The van der Waals surface area contributed by atoms with Crippen LogP contribution in [0.5, 0.6) is 0 Å². The van der Waals surface area contributed by atoms with Gasteiger partial charge in [0.2, 0.25) is 0 Å². The number of carboxylic acid groups (broad SMARTS) is 1. The second-order valence-electron chi connectivity index (χ2n) is 6.78. The quantitative estimate of drug-likeness (QED) is 0.722. The normalized spacial score (nSPS) is 33.3. The largest absolute Gasteiger partial charge is 0.481 e. The molecular formula is C15H24N2O2. The van der Waals surface area contributed by atoms with E-state index in [2.05, 4.69) is 11.4 Å². The number of nitriles is 1. The van der Waals surface area contributed by atoms with Gasteiger partial charge in [0.05, 0.1) is 17.4 Å². The molecule has 4 atom stereocenters. The summed E-state index contributed by atoms with van der Waals surface area (Å²) in [6.07, 6.45) is 5.13. The number of fused-ring (bicyclic) bond motifs is 2. The number of carbonyl (C=O) groups is 1. The fourth-order valence-corrected chi connectivity index (χ4v) is 3.80. The molecule has 2 bridgehead atoms. The van der Waals surface area contributed by atoms with E-state index in [0.717, 1.165) is 32.2 Å². The van der Waals surface area contributed by atoms with E-state index in [-0.39, 0.29) is 17.4 Å². The predicted octanol–water partition coefficient (Wildman–Crippen LogP) is 2.41. The SMILES string of the molecule is CC(C)(C#N)CCCNC1C2CCC(C2)C1C(=O)O. The molecule has 0 saturated heterocycles. The van der Waals surface area contributed by atoms with Crippen LogP contribution in [0.1, 0.15) is 46.0 Å². The van der Waals surface area contributed by atoms with E-state index in [9.17, 15) is 9.90 Å². The van der Waals surface area contributed by atoms with Gasteiger partial charge in [-0.15, -0.1) is 0 Å². The molecule has 0 aromatic rings. The topological polar surface area (TPSA) is 73.1 Å². The Hall–Kier alpha value is -1.08. The first-order chi connectivity index (χ1) is 8.94. The summed E-state index contributed by atoms with van der Waals surface area (Å²) < 4.78 is 0. The van der Waals surface area contributed by atoms with Gasteiger partial charge >= 0.3 is 5.97 Å². The number of nitrogens with one attached hydrogen (secondary N) is 1. The minimum Gasteiger partial charge on any atom is -0.481 e. The Morgan fingerprint density at radius 3 is 2.74 bits per heavy atom. The van der Waals surface area contributed by atoms with Crippen molar-refractivity contribution < 1.29 is 9.90 Å². The molecule has 0 radical (unpaired) electrons. The summed E-state index contributed by atoms with van der Waals surface area (Å²) in [5.41, 5.74) is -0.275. The van der Waals surface area contributed by atoms with Gasteiger partial charge in [0.15, 0.2) is 0 Å². The molecule has 2 saturated carbocycles. The van der Waals surface area contributed by atoms with Crippen LogP contribution in [0.4, 0.5) is 0 Å². The second-order valence-corrected chi connectivity index (χ2v) is 6.78. The fourth-order valence-electron chi connectivity index (χ4n) is 3.80. The van der Waals surface area contributed by atoms with Gasteiger partial charge in [-0.3, -0.25) is 4.79 Å². The van der Waals surface area contributed by atoms with Crippen molar-refractivity contribution in [1.82, 2.24) is 5.32 Å². The Bertz CT molecular complexity index is 386. The fraction of sp³-hybridized carbons (Fsp3) is 0.867. The minimum absolute atomic E-state index is 0.154. The van der Waals surface area contributed by atoms with Crippen LogP contribution in [0.15, 0.2) is 0 Å². The van der Waals surface area contributed by atoms with Crippen molar-refractivity contribution >= 4 is 5.97 Å². The Morgan fingerprint density at radius 1 is 1.42 bits per heavy atom. The molecule has 2 fully saturated rings. The van der Waals surface area contributed by atoms with Gasteiger partial charge < -0.3 is 10.4 Å². The lowest BCUT2D eigenvalue weighted by atomic mass is 9.84. The zero-order chi connectivity index (χ0) is 14.0. The van der Waals surface area contributed by atoms with Gasteiger partial charge in [-0.1, -0.05) is 0 Å². The first-order valence-corrected chi connectivity index (χ1v) is 7.32. The van der Waals surface area contributed by atoms with E-state index in [4.69, 9.17) is 5.26 Å². The monoisotopic (exact) mass is 264 g/mol. The van der Waals surface area contributed by atoms with Crippen LogP contribution in [0, 0.1) is 34.5 Å². The number of aliphatic carboxylic acids is 1. The molecule has 0 aromatic heterocycles. The van der Waals surface area contributed by atoms with Crippen LogP contribution in [0.3, 0.4) is 0 Å². The van der Waals surface area contributed by atoms with Crippen molar-refractivity contribution in [2.45, 2.75) is 52.0 Å². The molecule has 2 N–H and O–H groups in total. The third-order valence-electron chi connectivity index (χ3n) is 4.86. The average Bonchev–Trinajstić information content (AvgIpc) is 2.94. The third kappa shape index (κ3) is 3.09. The average molecular weight is 264 g/mol. The summed E-state index contributed by atoms with van der Waals surface area (Å²) in [5, 5.41) is 21.8. The lowest BCUT2D eigenvalue weighted by Crippen LogP contribution is -2.44. The van der Waals surface area contributed by atoms with Gasteiger partial charge in [0.25, 0.3) is 0 Å². The minimum atomic E-state index is -0.637. The summed E-state index contributed by atoms with van der Waals surface area (Å²) in [7, 11) is 0. The second kappa shape index (κ2) is 5.50. The molecule has 0 aliphatic heterocycles. The zero-order valence-corrected chi connectivity index (χ0v) is 11.9. The number of rotatable bonds is 6. The van der Waals surface area contributed by atoms with Crippen molar-refractivity contribution in [1.29, 1.82) is 5.26 Å². The number of carboxylic acids is 1. The molecule has 106 valence electrons. The van der Waals surface area contributed by atoms with E-state index in [1.54, 1.807) is 0 Å². The van der Waals surface area contributed by atoms with Gasteiger partial charge in [-0.05, 0) is 64.3 Å². The first-order valence-electron chi connectivity index (χ1n) is 7.32. The van der Waals surface area contributed by atoms with Crippen LogP contribution in [0.2, 0.25) is 0 Å². The number of hydrogen-bond acceptors (Lipinski definition) is 3. The molecule has 4 unspecified atom stereocenters. The van der Waals surface area contributed by atoms with Crippen molar-refractivity contribution in [3.63, 3.8) is 0 Å². The van der Waals surface area contributed by atoms with E-state index < -0.39 is 5.97 Å². The maximum atomic E-state index is 11.4. The highest BCUT2D eigenvalue weighted by molar-refractivity contribution is 5.72. The first kappa shape index (κ1) is 14.3. The van der Waals surface area contributed by atoms with Gasteiger partial charge in [0.1, 0.15) is 0 Å². The van der Waals surface area contributed by atoms with E-state index >= 15 is 0 Å². The zero-order valence-electron chi connectivity index (χ0n) is 11.9. The molecule has 0 amide bonds. The molecule has 4 nitrogen and oxygen atoms in total. The highest BCUT2D eigenvalue weighted by Crippen LogP contribution is 2.48. The smallest absolute Gasteiger partial charge is 0.308 e. The van der Waals surface area contributed by atoms with E-state index in [1.807, 2.05) is 13.8 Å². The highest BCUT2D eigenvalue weighted by atomic mass is 16.4. The molecule has 0 heterocycles. The van der Waals surface area contributed by atoms with Crippen molar-refractivity contribution in [3.8, 4) is 6.07 Å². The lowest BCUT2D eigenvalue weighted by molar-refractivity contribution is -0.144. The van der Waals surface area contributed by atoms with E-state index in [1.165, 1.54) is 6.42 Å². The predicted molar refractivity (Wildman–Crippen MR) is 72.4 cm³/mol. The summed E-state index contributed by atoms with van der Waals surface area (Å²) >= 11 is 0. The van der Waals surface area contributed by atoms with Crippen LogP contribution in [-0.2, 0) is 4.79 Å². The Kier molecular flexibility index (Phi) is 4.15. The van der Waals surface area contributed by atoms with Crippen molar-refractivity contribution in [3.05, 3.63) is 0 Å². The van der Waals surface area contributed by atoms with E-state index in [0.29, 0.717) is 11.8 Å². The van der Waals surface area contributed by atoms with Crippen LogP contribution >= 0.6 is 0 Å². The van der Waals surface area contributed by atoms with Crippen LogP contribution < -0.4 is 5.32 Å². The molecule has 2 rings (SSSR count). The summed E-state index contributed by atoms with van der Waals surface area (Å²) in [6.45, 7) is 4.72. The highest BCUT2D eigenvalue weighted by Gasteiger charge is 2.50. The van der Waals surface area contributed by atoms with Crippen molar-refractivity contribution in [2.75, 3.05) is 6.54 Å². The summed E-state index contributed by atoms with van der Waals surface area (Å²) in [5.74, 6) is 0.107.